The standard InChI is InChI=1S/C17H24FN3O2/c1-4-20-7-5-14(22)12-9-13(18)16(17(23-3)15(12)20)21-8-6-19-11(2)10-21/h9,11,19H,4-8,10H2,1-3H3. The number of fused-ring (bicyclic) bond motifs is 1. The molecule has 3 rings (SSSR count). The Labute approximate surface area is 136 Å². The van der Waals surface area contributed by atoms with Crippen molar-refractivity contribution in [1.82, 2.24) is 5.32 Å². The Morgan fingerprint density at radius 3 is 2.83 bits per heavy atom. The van der Waals surface area contributed by atoms with Crippen molar-refractivity contribution in [3.05, 3.63) is 17.4 Å². The molecule has 1 aromatic carbocycles. The zero-order chi connectivity index (χ0) is 16.6. The summed E-state index contributed by atoms with van der Waals surface area (Å²) >= 11 is 0. The van der Waals surface area contributed by atoms with Crippen LogP contribution in [0.25, 0.3) is 0 Å². The summed E-state index contributed by atoms with van der Waals surface area (Å²) in [4.78, 5) is 16.4. The van der Waals surface area contributed by atoms with Crippen molar-refractivity contribution < 1.29 is 13.9 Å². The molecule has 1 aromatic rings. The first-order valence-electron chi connectivity index (χ1n) is 8.23. The summed E-state index contributed by atoms with van der Waals surface area (Å²) in [6.45, 7) is 7.77. The normalized spacial score (nSPS) is 21.4. The molecule has 23 heavy (non-hydrogen) atoms. The fourth-order valence-electron chi connectivity index (χ4n) is 3.56. The first-order valence-corrected chi connectivity index (χ1v) is 8.23. The van der Waals surface area contributed by atoms with Crippen molar-refractivity contribution in [2.24, 2.45) is 0 Å². The molecular formula is C17H24FN3O2. The predicted octanol–water partition coefficient (Wildman–Crippen LogP) is 2.05. The van der Waals surface area contributed by atoms with Gasteiger partial charge in [-0.15, -0.1) is 0 Å². The smallest absolute Gasteiger partial charge is 0.169 e. The Kier molecular flexibility index (Phi) is 4.43. The minimum atomic E-state index is -0.374. The molecule has 0 aliphatic carbocycles. The van der Waals surface area contributed by atoms with Gasteiger partial charge in [0.15, 0.2) is 17.3 Å². The zero-order valence-corrected chi connectivity index (χ0v) is 14.0. The topological polar surface area (TPSA) is 44.8 Å². The molecule has 1 unspecified atom stereocenters. The average molecular weight is 321 g/mol. The SMILES string of the molecule is CCN1CCC(=O)c2cc(F)c(N3CCNC(C)C3)c(OC)c21. The van der Waals surface area contributed by atoms with E-state index in [1.165, 1.54) is 6.07 Å². The monoisotopic (exact) mass is 321 g/mol. The van der Waals surface area contributed by atoms with E-state index in [4.69, 9.17) is 4.74 Å². The lowest BCUT2D eigenvalue weighted by Crippen LogP contribution is -2.49. The van der Waals surface area contributed by atoms with E-state index < -0.39 is 0 Å². The largest absolute Gasteiger partial charge is 0.492 e. The van der Waals surface area contributed by atoms with Crippen molar-refractivity contribution in [3.8, 4) is 5.75 Å². The quantitative estimate of drug-likeness (QED) is 0.923. The van der Waals surface area contributed by atoms with Gasteiger partial charge >= 0.3 is 0 Å². The Balaban J connectivity index is 2.15. The molecule has 1 N–H and O–H groups in total. The van der Waals surface area contributed by atoms with Crippen LogP contribution in [0.2, 0.25) is 0 Å². The fourth-order valence-corrected chi connectivity index (χ4v) is 3.56. The number of anilines is 2. The first kappa shape index (κ1) is 16.1. The molecule has 1 fully saturated rings. The number of hydrogen-bond donors (Lipinski definition) is 1. The number of carbonyl (C=O) groups excluding carboxylic acids is 1. The highest BCUT2D eigenvalue weighted by molar-refractivity contribution is 6.06. The molecule has 1 atom stereocenters. The van der Waals surface area contributed by atoms with E-state index in [9.17, 15) is 9.18 Å². The lowest BCUT2D eigenvalue weighted by atomic mass is 9.97. The van der Waals surface area contributed by atoms with Crippen LogP contribution in [0.15, 0.2) is 6.07 Å². The van der Waals surface area contributed by atoms with Crippen LogP contribution in [0.3, 0.4) is 0 Å². The summed E-state index contributed by atoms with van der Waals surface area (Å²) in [5, 5.41) is 3.36. The van der Waals surface area contributed by atoms with Gasteiger partial charge in [0.1, 0.15) is 5.69 Å². The second kappa shape index (κ2) is 6.35. The van der Waals surface area contributed by atoms with E-state index >= 15 is 0 Å². The van der Waals surface area contributed by atoms with E-state index in [-0.39, 0.29) is 17.6 Å². The molecule has 2 aliphatic rings. The molecule has 0 radical (unpaired) electrons. The van der Waals surface area contributed by atoms with Crippen molar-refractivity contribution in [2.45, 2.75) is 26.3 Å². The fraction of sp³-hybridized carbons (Fsp3) is 0.588. The predicted molar refractivity (Wildman–Crippen MR) is 89.5 cm³/mol. The molecule has 0 amide bonds. The van der Waals surface area contributed by atoms with Crippen LogP contribution >= 0.6 is 0 Å². The van der Waals surface area contributed by atoms with Crippen molar-refractivity contribution >= 4 is 17.2 Å². The minimum Gasteiger partial charge on any atom is -0.492 e. The van der Waals surface area contributed by atoms with Gasteiger partial charge in [-0.25, -0.2) is 4.39 Å². The van der Waals surface area contributed by atoms with Gasteiger partial charge in [-0.1, -0.05) is 0 Å². The second-order valence-electron chi connectivity index (χ2n) is 6.19. The van der Waals surface area contributed by atoms with E-state index in [1.54, 1.807) is 7.11 Å². The molecular weight excluding hydrogens is 297 g/mol. The number of rotatable bonds is 3. The van der Waals surface area contributed by atoms with Crippen molar-refractivity contribution in [2.75, 3.05) is 49.6 Å². The summed E-state index contributed by atoms with van der Waals surface area (Å²) in [5.74, 6) is 0.104. The third-order valence-corrected chi connectivity index (χ3v) is 4.68. The maximum absolute atomic E-state index is 14.8. The number of ketones is 1. The third-order valence-electron chi connectivity index (χ3n) is 4.68. The summed E-state index contributed by atoms with van der Waals surface area (Å²) in [6.07, 6.45) is 0.424. The molecule has 126 valence electrons. The first-order chi connectivity index (χ1) is 11.1. The molecule has 5 nitrogen and oxygen atoms in total. The number of benzene rings is 1. The van der Waals surface area contributed by atoms with E-state index in [2.05, 4.69) is 17.1 Å². The summed E-state index contributed by atoms with van der Waals surface area (Å²) in [5.41, 5.74) is 1.67. The highest BCUT2D eigenvalue weighted by atomic mass is 19.1. The minimum absolute atomic E-state index is 0.0119. The van der Waals surface area contributed by atoms with Gasteiger partial charge in [-0.2, -0.15) is 0 Å². The molecule has 2 aliphatic heterocycles. The van der Waals surface area contributed by atoms with Gasteiger partial charge < -0.3 is 19.9 Å². The molecule has 0 aromatic heterocycles. The van der Waals surface area contributed by atoms with Crippen molar-refractivity contribution in [1.29, 1.82) is 0 Å². The third kappa shape index (κ3) is 2.76. The van der Waals surface area contributed by atoms with E-state index in [0.717, 1.165) is 25.3 Å². The Morgan fingerprint density at radius 1 is 1.39 bits per heavy atom. The van der Waals surface area contributed by atoms with Gasteiger partial charge in [0, 0.05) is 50.7 Å². The van der Waals surface area contributed by atoms with Gasteiger partial charge in [-0.3, -0.25) is 4.79 Å². The summed E-state index contributed by atoms with van der Waals surface area (Å²) in [6, 6.07) is 1.68. The maximum Gasteiger partial charge on any atom is 0.169 e. The van der Waals surface area contributed by atoms with Crippen molar-refractivity contribution in [3.63, 3.8) is 0 Å². The number of nitrogens with one attached hydrogen (secondary N) is 1. The molecule has 0 saturated carbocycles. The summed E-state index contributed by atoms with van der Waals surface area (Å²) in [7, 11) is 1.55. The molecule has 0 bridgehead atoms. The van der Waals surface area contributed by atoms with Crippen LogP contribution < -0.4 is 19.9 Å². The Hall–Kier alpha value is -1.82. The highest BCUT2D eigenvalue weighted by Gasteiger charge is 2.32. The Bertz CT molecular complexity index is 620. The van der Waals surface area contributed by atoms with Crippen LogP contribution in [0.5, 0.6) is 5.75 Å². The van der Waals surface area contributed by atoms with Gasteiger partial charge in [0.2, 0.25) is 0 Å². The van der Waals surface area contributed by atoms with Gasteiger partial charge in [0.25, 0.3) is 0 Å². The van der Waals surface area contributed by atoms with Crippen LogP contribution in [0, 0.1) is 5.82 Å². The number of Topliss-reactive ketones (excluding diaryl/α,β-unsaturated/α-hetero) is 1. The number of hydrogen-bond acceptors (Lipinski definition) is 5. The number of halogens is 1. The van der Waals surface area contributed by atoms with E-state index in [1.807, 2.05) is 11.8 Å². The lowest BCUT2D eigenvalue weighted by Gasteiger charge is -2.37. The number of carbonyl (C=O) groups is 1. The van der Waals surface area contributed by atoms with Crippen LogP contribution in [0.4, 0.5) is 15.8 Å². The summed E-state index contributed by atoms with van der Waals surface area (Å²) < 4.78 is 20.4. The molecule has 6 heteroatoms. The Morgan fingerprint density at radius 2 is 2.17 bits per heavy atom. The number of methoxy groups -OCH3 is 1. The average Bonchev–Trinajstić information content (AvgIpc) is 2.54. The van der Waals surface area contributed by atoms with Crippen LogP contribution in [0.1, 0.15) is 30.6 Å². The number of nitrogens with zero attached hydrogens (tertiary/aromatic N) is 2. The lowest BCUT2D eigenvalue weighted by molar-refractivity contribution is 0.0979. The van der Waals surface area contributed by atoms with Crippen LogP contribution in [-0.4, -0.2) is 51.7 Å². The van der Waals surface area contributed by atoms with Crippen LogP contribution in [-0.2, 0) is 0 Å². The van der Waals surface area contributed by atoms with Gasteiger partial charge in [-0.05, 0) is 19.9 Å². The van der Waals surface area contributed by atoms with Gasteiger partial charge in [0.05, 0.1) is 12.8 Å². The molecule has 0 spiro atoms. The maximum atomic E-state index is 14.8. The highest BCUT2D eigenvalue weighted by Crippen LogP contribution is 2.45. The second-order valence-corrected chi connectivity index (χ2v) is 6.19. The zero-order valence-electron chi connectivity index (χ0n) is 14.0. The number of piperazine rings is 1. The number of ether oxygens (including phenoxy) is 1. The molecule has 2 heterocycles. The van der Waals surface area contributed by atoms with E-state index in [0.29, 0.717) is 36.5 Å². The molecule has 1 saturated heterocycles.